The standard InChI is InChI=1S/C30H33N7O/c1-5-31-30(38)33-23-13-11-22(12-14-23)28-26(19-37(6-2)35-28)24-15-16-32-29-25(24)17-27(34-29)21-9-7-20(8-10-21)18-36(3)4/h7-17,19H,5-6,18H2,1-4H3,(H,32,34)(H2,31,33,38). The lowest BCUT2D eigenvalue weighted by molar-refractivity contribution is 0.252. The Balaban J connectivity index is 1.51. The minimum absolute atomic E-state index is 0.217. The second-order valence-corrected chi connectivity index (χ2v) is 9.55. The fraction of sp³-hybridized carbons (Fsp3) is 0.233. The van der Waals surface area contributed by atoms with Crippen molar-refractivity contribution in [2.45, 2.75) is 26.9 Å². The van der Waals surface area contributed by atoms with Crippen LogP contribution in [-0.2, 0) is 13.1 Å². The Morgan fingerprint density at radius 2 is 1.71 bits per heavy atom. The number of hydrogen-bond donors (Lipinski definition) is 3. The van der Waals surface area contributed by atoms with Gasteiger partial charge < -0.3 is 20.5 Å². The minimum atomic E-state index is -0.217. The van der Waals surface area contributed by atoms with Crippen LogP contribution < -0.4 is 10.6 Å². The minimum Gasteiger partial charge on any atom is -0.339 e. The number of hydrogen-bond acceptors (Lipinski definition) is 4. The smallest absolute Gasteiger partial charge is 0.319 e. The number of benzene rings is 2. The SMILES string of the molecule is CCNC(=O)Nc1ccc(-c2nn(CC)cc2-c2ccnc3[nH]c(-c4ccc(CN(C)C)cc4)cc23)cc1. The van der Waals surface area contributed by atoms with Gasteiger partial charge in [0.15, 0.2) is 0 Å². The van der Waals surface area contributed by atoms with Crippen molar-refractivity contribution in [1.82, 2.24) is 30.0 Å². The highest BCUT2D eigenvalue weighted by molar-refractivity contribution is 5.99. The van der Waals surface area contributed by atoms with E-state index in [0.717, 1.165) is 63.5 Å². The van der Waals surface area contributed by atoms with E-state index >= 15 is 0 Å². The quantitative estimate of drug-likeness (QED) is 0.241. The number of aromatic nitrogens is 4. The number of carbonyl (C=O) groups excluding carboxylic acids is 1. The lowest BCUT2D eigenvalue weighted by Crippen LogP contribution is -2.28. The largest absolute Gasteiger partial charge is 0.339 e. The van der Waals surface area contributed by atoms with Crippen LogP contribution in [0.2, 0.25) is 0 Å². The van der Waals surface area contributed by atoms with Crippen LogP contribution in [0.1, 0.15) is 19.4 Å². The first-order chi connectivity index (χ1) is 18.4. The number of nitrogens with one attached hydrogen (secondary N) is 3. The topological polar surface area (TPSA) is 90.9 Å². The van der Waals surface area contributed by atoms with Crippen LogP contribution in [0.15, 0.2) is 73.1 Å². The Morgan fingerprint density at radius 3 is 2.39 bits per heavy atom. The third kappa shape index (κ3) is 5.31. The number of aryl methyl sites for hydroxylation is 1. The first kappa shape index (κ1) is 25.2. The Bertz CT molecular complexity index is 1550. The fourth-order valence-electron chi connectivity index (χ4n) is 4.61. The highest BCUT2D eigenvalue weighted by Gasteiger charge is 2.17. The van der Waals surface area contributed by atoms with Gasteiger partial charge in [-0.3, -0.25) is 4.68 Å². The highest BCUT2D eigenvalue weighted by atomic mass is 16.2. The van der Waals surface area contributed by atoms with Crippen LogP contribution in [-0.4, -0.2) is 51.3 Å². The Morgan fingerprint density at radius 1 is 0.974 bits per heavy atom. The monoisotopic (exact) mass is 507 g/mol. The molecule has 8 nitrogen and oxygen atoms in total. The van der Waals surface area contributed by atoms with Crippen LogP contribution in [0.4, 0.5) is 10.5 Å². The molecule has 194 valence electrons. The molecule has 5 rings (SSSR count). The first-order valence-electron chi connectivity index (χ1n) is 12.9. The van der Waals surface area contributed by atoms with Gasteiger partial charge in [0.25, 0.3) is 0 Å². The molecular weight excluding hydrogens is 474 g/mol. The Hall–Kier alpha value is -4.43. The second kappa shape index (κ2) is 10.9. The third-order valence-corrected chi connectivity index (χ3v) is 6.43. The third-order valence-electron chi connectivity index (χ3n) is 6.43. The number of amides is 2. The van der Waals surface area contributed by atoms with Crippen LogP contribution in [0, 0.1) is 0 Å². The van der Waals surface area contributed by atoms with Gasteiger partial charge in [-0.05, 0) is 68.9 Å². The van der Waals surface area contributed by atoms with Crippen LogP contribution >= 0.6 is 0 Å². The highest BCUT2D eigenvalue weighted by Crippen LogP contribution is 2.37. The van der Waals surface area contributed by atoms with Gasteiger partial charge in [-0.1, -0.05) is 36.4 Å². The van der Waals surface area contributed by atoms with Gasteiger partial charge >= 0.3 is 6.03 Å². The van der Waals surface area contributed by atoms with Crippen LogP contribution in [0.25, 0.3) is 44.7 Å². The van der Waals surface area contributed by atoms with Crippen molar-refractivity contribution >= 4 is 22.8 Å². The molecule has 0 unspecified atom stereocenters. The van der Waals surface area contributed by atoms with E-state index in [1.807, 2.05) is 48.1 Å². The average Bonchev–Trinajstić information content (AvgIpc) is 3.54. The van der Waals surface area contributed by atoms with E-state index in [1.165, 1.54) is 5.56 Å². The van der Waals surface area contributed by atoms with Gasteiger partial charge in [0.1, 0.15) is 11.3 Å². The number of fused-ring (bicyclic) bond motifs is 1. The number of nitrogens with zero attached hydrogens (tertiary/aromatic N) is 4. The molecule has 0 saturated carbocycles. The van der Waals surface area contributed by atoms with E-state index < -0.39 is 0 Å². The summed E-state index contributed by atoms with van der Waals surface area (Å²) in [4.78, 5) is 22.2. The number of pyridine rings is 1. The summed E-state index contributed by atoms with van der Waals surface area (Å²) in [6.45, 7) is 6.21. The molecule has 2 amide bonds. The maximum absolute atomic E-state index is 11.9. The number of urea groups is 1. The van der Waals surface area contributed by atoms with E-state index in [4.69, 9.17) is 5.10 Å². The molecule has 8 heteroatoms. The van der Waals surface area contributed by atoms with E-state index in [0.29, 0.717) is 6.54 Å². The second-order valence-electron chi connectivity index (χ2n) is 9.55. The lowest BCUT2D eigenvalue weighted by atomic mass is 10.00. The molecule has 0 bridgehead atoms. The molecule has 0 aliphatic heterocycles. The van der Waals surface area contributed by atoms with E-state index in [9.17, 15) is 4.79 Å². The van der Waals surface area contributed by atoms with Crippen molar-refractivity contribution in [2.75, 3.05) is 26.0 Å². The molecule has 0 spiro atoms. The van der Waals surface area contributed by atoms with Crippen molar-refractivity contribution in [2.24, 2.45) is 0 Å². The fourth-order valence-corrected chi connectivity index (χ4v) is 4.61. The molecule has 2 aromatic carbocycles. The maximum atomic E-state index is 11.9. The van der Waals surface area contributed by atoms with Gasteiger partial charge in [-0.15, -0.1) is 0 Å². The molecule has 3 aromatic heterocycles. The molecule has 0 atom stereocenters. The zero-order chi connectivity index (χ0) is 26.6. The molecule has 5 aromatic rings. The van der Waals surface area contributed by atoms with E-state index in [-0.39, 0.29) is 6.03 Å². The molecular formula is C30H33N7O. The molecule has 38 heavy (non-hydrogen) atoms. The molecule has 0 aliphatic rings. The van der Waals surface area contributed by atoms with Crippen LogP contribution in [0.5, 0.6) is 0 Å². The normalized spacial score (nSPS) is 11.3. The summed E-state index contributed by atoms with van der Waals surface area (Å²) < 4.78 is 1.95. The van der Waals surface area contributed by atoms with Gasteiger partial charge in [0.2, 0.25) is 0 Å². The maximum Gasteiger partial charge on any atom is 0.319 e. The van der Waals surface area contributed by atoms with E-state index in [2.05, 4.69) is 83.0 Å². The summed E-state index contributed by atoms with van der Waals surface area (Å²) in [7, 11) is 4.15. The molecule has 3 heterocycles. The summed E-state index contributed by atoms with van der Waals surface area (Å²) in [5.74, 6) is 0. The van der Waals surface area contributed by atoms with E-state index in [1.54, 1.807) is 0 Å². The van der Waals surface area contributed by atoms with Crippen LogP contribution in [0.3, 0.4) is 0 Å². The summed E-state index contributed by atoms with van der Waals surface area (Å²) in [6.07, 6.45) is 3.93. The predicted molar refractivity (Wildman–Crippen MR) is 154 cm³/mol. The Kier molecular flexibility index (Phi) is 7.24. The summed E-state index contributed by atoms with van der Waals surface area (Å²) in [5.41, 5.74) is 8.97. The van der Waals surface area contributed by atoms with Gasteiger partial charge in [-0.25, -0.2) is 9.78 Å². The zero-order valence-corrected chi connectivity index (χ0v) is 22.2. The van der Waals surface area contributed by atoms with Crippen molar-refractivity contribution in [1.29, 1.82) is 0 Å². The summed E-state index contributed by atoms with van der Waals surface area (Å²) in [5, 5.41) is 11.5. The number of rotatable bonds is 8. The molecule has 0 saturated heterocycles. The lowest BCUT2D eigenvalue weighted by Gasteiger charge is -2.09. The van der Waals surface area contributed by atoms with Crippen molar-refractivity contribution in [3.8, 4) is 33.6 Å². The first-order valence-corrected chi connectivity index (χ1v) is 12.9. The van der Waals surface area contributed by atoms with Gasteiger partial charge in [-0.2, -0.15) is 5.10 Å². The van der Waals surface area contributed by atoms with Crippen molar-refractivity contribution in [3.05, 3.63) is 78.6 Å². The summed E-state index contributed by atoms with van der Waals surface area (Å²) in [6, 6.07) is 20.4. The number of H-pyrrole nitrogens is 1. The molecule has 0 aliphatic carbocycles. The Labute approximate surface area is 222 Å². The van der Waals surface area contributed by atoms with Crippen molar-refractivity contribution in [3.63, 3.8) is 0 Å². The summed E-state index contributed by atoms with van der Waals surface area (Å²) >= 11 is 0. The predicted octanol–water partition coefficient (Wildman–Crippen LogP) is 5.98. The molecule has 0 fully saturated rings. The average molecular weight is 508 g/mol. The number of aromatic amines is 1. The van der Waals surface area contributed by atoms with Gasteiger partial charge in [0.05, 0.1) is 0 Å². The molecule has 0 radical (unpaired) electrons. The van der Waals surface area contributed by atoms with Gasteiger partial charge in [0, 0.05) is 59.9 Å². The zero-order valence-electron chi connectivity index (χ0n) is 22.2. The number of anilines is 1. The van der Waals surface area contributed by atoms with Crippen molar-refractivity contribution < 1.29 is 4.79 Å². The number of carbonyl (C=O) groups is 1. The molecule has 3 N–H and O–H groups in total.